The summed E-state index contributed by atoms with van der Waals surface area (Å²) in [5, 5.41) is 5.67. The van der Waals surface area contributed by atoms with Crippen LogP contribution in [0.25, 0.3) is 0 Å². The minimum Gasteiger partial charge on any atom is -0.497 e. The number of methoxy groups -OCH3 is 1. The predicted octanol–water partition coefficient (Wildman–Crippen LogP) is 2.12. The van der Waals surface area contributed by atoms with E-state index >= 15 is 0 Å². The molecule has 28 heavy (non-hydrogen) atoms. The van der Waals surface area contributed by atoms with Crippen LogP contribution in [0, 0.1) is 0 Å². The Bertz CT molecular complexity index is 873. The molecule has 2 amide bonds. The Morgan fingerprint density at radius 1 is 1.29 bits per heavy atom. The third-order valence-corrected chi connectivity index (χ3v) is 4.78. The van der Waals surface area contributed by atoms with Gasteiger partial charge in [-0.25, -0.2) is 4.98 Å². The molecule has 0 saturated heterocycles. The Labute approximate surface area is 164 Å². The van der Waals surface area contributed by atoms with Crippen molar-refractivity contribution in [2.45, 2.75) is 32.2 Å². The topological polar surface area (TPSA) is 85.2 Å². The van der Waals surface area contributed by atoms with Crippen LogP contribution in [-0.2, 0) is 19.4 Å². The van der Waals surface area contributed by atoms with Crippen LogP contribution in [0.15, 0.2) is 36.9 Å². The van der Waals surface area contributed by atoms with Crippen LogP contribution in [0.4, 0.5) is 0 Å². The van der Waals surface area contributed by atoms with Crippen molar-refractivity contribution in [3.8, 4) is 5.75 Å². The predicted molar refractivity (Wildman–Crippen MR) is 107 cm³/mol. The van der Waals surface area contributed by atoms with E-state index in [-0.39, 0.29) is 11.8 Å². The van der Waals surface area contributed by atoms with E-state index in [2.05, 4.69) is 22.2 Å². The molecule has 1 aliphatic rings. The summed E-state index contributed by atoms with van der Waals surface area (Å²) in [5.41, 5.74) is 2.28. The molecular weight excluding hydrogens is 356 g/mol. The van der Waals surface area contributed by atoms with Crippen molar-refractivity contribution in [3.05, 3.63) is 59.7 Å². The molecule has 3 rings (SSSR count). The average Bonchev–Trinajstić information content (AvgIpc) is 3.12. The Morgan fingerprint density at radius 3 is 2.93 bits per heavy atom. The lowest BCUT2D eigenvalue weighted by molar-refractivity contribution is 0.0942. The lowest BCUT2D eigenvalue weighted by atomic mass is 10.1. The number of fused-ring (bicyclic) bond motifs is 1. The van der Waals surface area contributed by atoms with E-state index in [1.807, 2.05) is 28.8 Å². The molecule has 1 aromatic heterocycles. The monoisotopic (exact) mass is 382 g/mol. The summed E-state index contributed by atoms with van der Waals surface area (Å²) in [6, 6.07) is 7.76. The van der Waals surface area contributed by atoms with E-state index < -0.39 is 0 Å². The fraction of sp³-hybridized carbons (Fsp3) is 0.381. The van der Waals surface area contributed by atoms with Crippen molar-refractivity contribution in [3.63, 3.8) is 0 Å². The van der Waals surface area contributed by atoms with Gasteiger partial charge in [-0.1, -0.05) is 18.2 Å². The van der Waals surface area contributed by atoms with Gasteiger partial charge in [0, 0.05) is 19.6 Å². The maximum absolute atomic E-state index is 12.7. The second kappa shape index (κ2) is 9.21. The van der Waals surface area contributed by atoms with Crippen LogP contribution in [0.5, 0.6) is 5.75 Å². The van der Waals surface area contributed by atoms with Gasteiger partial charge in [0.25, 0.3) is 11.8 Å². The smallest absolute Gasteiger partial charge is 0.287 e. The highest BCUT2D eigenvalue weighted by atomic mass is 16.5. The highest BCUT2D eigenvalue weighted by molar-refractivity contribution is 5.97. The Morgan fingerprint density at radius 2 is 2.14 bits per heavy atom. The van der Waals surface area contributed by atoms with Crippen LogP contribution >= 0.6 is 0 Å². The zero-order valence-electron chi connectivity index (χ0n) is 16.2. The number of nitrogens with one attached hydrogen (secondary N) is 2. The summed E-state index contributed by atoms with van der Waals surface area (Å²) >= 11 is 0. The number of ether oxygens (including phenoxy) is 1. The van der Waals surface area contributed by atoms with Gasteiger partial charge in [-0.05, 0) is 43.4 Å². The lowest BCUT2D eigenvalue weighted by Gasteiger charge is -2.17. The van der Waals surface area contributed by atoms with Crippen LogP contribution in [-0.4, -0.2) is 41.6 Å². The molecule has 0 fully saturated rings. The molecule has 148 valence electrons. The zero-order valence-corrected chi connectivity index (χ0v) is 16.2. The lowest BCUT2D eigenvalue weighted by Crippen LogP contribution is -2.28. The summed E-state index contributed by atoms with van der Waals surface area (Å²) in [7, 11) is 1.63. The first-order valence-corrected chi connectivity index (χ1v) is 9.53. The van der Waals surface area contributed by atoms with E-state index in [4.69, 9.17) is 4.74 Å². The van der Waals surface area contributed by atoms with E-state index in [1.165, 1.54) is 0 Å². The number of aromatic nitrogens is 2. The van der Waals surface area contributed by atoms with Crippen LogP contribution in [0.1, 0.15) is 45.2 Å². The SMILES string of the molecule is C=CCNC(=O)c1nc(C(=O)NCCc2cccc(OC)c2)c2n1CCCC2. The van der Waals surface area contributed by atoms with Gasteiger partial charge in [-0.3, -0.25) is 9.59 Å². The van der Waals surface area contributed by atoms with Crippen molar-refractivity contribution in [1.82, 2.24) is 20.2 Å². The first kappa shape index (κ1) is 19.7. The van der Waals surface area contributed by atoms with Gasteiger partial charge in [0.15, 0.2) is 5.82 Å². The minimum atomic E-state index is -0.279. The number of amides is 2. The summed E-state index contributed by atoms with van der Waals surface area (Å²) < 4.78 is 7.10. The third kappa shape index (κ3) is 4.42. The van der Waals surface area contributed by atoms with E-state index in [0.29, 0.717) is 37.6 Å². The summed E-state index contributed by atoms with van der Waals surface area (Å²) in [6.45, 7) is 5.15. The largest absolute Gasteiger partial charge is 0.497 e. The number of imidazole rings is 1. The number of hydrogen-bond acceptors (Lipinski definition) is 4. The standard InChI is InChI=1S/C21H26N4O3/c1-3-11-22-21(27)19-24-18(17-9-4-5-13-25(17)19)20(26)23-12-10-15-7-6-8-16(14-15)28-2/h3,6-8,14H,1,4-5,9-13H2,2H3,(H,22,27)(H,23,26). The molecule has 0 bridgehead atoms. The van der Waals surface area contributed by atoms with Crippen molar-refractivity contribution in [2.75, 3.05) is 20.2 Å². The molecule has 1 aliphatic heterocycles. The molecule has 0 spiro atoms. The number of rotatable bonds is 8. The highest BCUT2D eigenvalue weighted by Crippen LogP contribution is 2.21. The van der Waals surface area contributed by atoms with Crippen molar-refractivity contribution >= 4 is 11.8 Å². The molecule has 7 nitrogen and oxygen atoms in total. The van der Waals surface area contributed by atoms with Crippen molar-refractivity contribution < 1.29 is 14.3 Å². The van der Waals surface area contributed by atoms with Crippen LogP contribution < -0.4 is 15.4 Å². The van der Waals surface area contributed by atoms with Crippen LogP contribution in [0.3, 0.4) is 0 Å². The molecular formula is C21H26N4O3. The zero-order chi connectivity index (χ0) is 19.9. The normalized spacial score (nSPS) is 12.8. The Hall–Kier alpha value is -3.09. The van der Waals surface area contributed by atoms with E-state index in [9.17, 15) is 9.59 Å². The van der Waals surface area contributed by atoms with E-state index in [0.717, 1.165) is 36.3 Å². The van der Waals surface area contributed by atoms with Crippen LogP contribution in [0.2, 0.25) is 0 Å². The van der Waals surface area contributed by atoms with Gasteiger partial charge in [0.2, 0.25) is 0 Å². The summed E-state index contributed by atoms with van der Waals surface area (Å²) in [6.07, 6.45) is 5.02. The molecule has 0 atom stereocenters. The molecule has 2 aromatic rings. The van der Waals surface area contributed by atoms with Gasteiger partial charge in [-0.15, -0.1) is 6.58 Å². The summed E-state index contributed by atoms with van der Waals surface area (Å²) in [5.74, 6) is 0.575. The number of nitrogens with zero attached hydrogens (tertiary/aromatic N) is 2. The Balaban J connectivity index is 1.69. The quantitative estimate of drug-likeness (QED) is 0.685. The van der Waals surface area contributed by atoms with Crippen molar-refractivity contribution in [2.24, 2.45) is 0 Å². The molecule has 0 aliphatic carbocycles. The Kier molecular flexibility index (Phi) is 6.47. The van der Waals surface area contributed by atoms with E-state index in [1.54, 1.807) is 13.2 Å². The van der Waals surface area contributed by atoms with Crippen molar-refractivity contribution in [1.29, 1.82) is 0 Å². The molecule has 7 heteroatoms. The highest BCUT2D eigenvalue weighted by Gasteiger charge is 2.27. The van der Waals surface area contributed by atoms with Gasteiger partial charge >= 0.3 is 0 Å². The number of carbonyl (C=O) groups excluding carboxylic acids is 2. The van der Waals surface area contributed by atoms with Gasteiger partial charge in [-0.2, -0.15) is 0 Å². The third-order valence-electron chi connectivity index (χ3n) is 4.78. The maximum Gasteiger partial charge on any atom is 0.287 e. The molecule has 2 heterocycles. The van der Waals surface area contributed by atoms with Gasteiger partial charge < -0.3 is 19.9 Å². The number of carbonyl (C=O) groups is 2. The maximum atomic E-state index is 12.7. The average molecular weight is 382 g/mol. The fourth-order valence-electron chi connectivity index (χ4n) is 3.37. The minimum absolute atomic E-state index is 0.240. The van der Waals surface area contributed by atoms with Gasteiger partial charge in [0.05, 0.1) is 12.8 Å². The summed E-state index contributed by atoms with van der Waals surface area (Å²) in [4.78, 5) is 29.5. The number of hydrogen-bond donors (Lipinski definition) is 2. The number of benzene rings is 1. The fourth-order valence-corrected chi connectivity index (χ4v) is 3.37. The molecule has 1 aromatic carbocycles. The molecule has 0 radical (unpaired) electrons. The second-order valence-corrected chi connectivity index (χ2v) is 6.70. The second-order valence-electron chi connectivity index (χ2n) is 6.70. The molecule has 0 saturated carbocycles. The van der Waals surface area contributed by atoms with Gasteiger partial charge in [0.1, 0.15) is 11.4 Å². The molecule has 0 unspecified atom stereocenters. The molecule has 2 N–H and O–H groups in total. The first-order valence-electron chi connectivity index (χ1n) is 9.53. The first-order chi connectivity index (χ1) is 13.6.